The summed E-state index contributed by atoms with van der Waals surface area (Å²) in [5.41, 5.74) is 2.43. The molecule has 0 fully saturated rings. The van der Waals surface area contributed by atoms with Crippen molar-refractivity contribution >= 4 is 17.1 Å². The number of aryl methyl sites for hydroxylation is 1. The lowest BCUT2D eigenvalue weighted by Gasteiger charge is -2.14. The number of rotatable bonds is 9. The highest BCUT2D eigenvalue weighted by molar-refractivity contribution is 5.71. The van der Waals surface area contributed by atoms with Crippen molar-refractivity contribution in [3.05, 3.63) is 58.1 Å². The lowest BCUT2D eigenvalue weighted by molar-refractivity contribution is -0.384. The van der Waals surface area contributed by atoms with Crippen LogP contribution in [0.5, 0.6) is 5.75 Å². The maximum atomic E-state index is 10.9. The van der Waals surface area contributed by atoms with Crippen LogP contribution in [0.25, 0.3) is 0 Å². The van der Waals surface area contributed by atoms with Gasteiger partial charge in [0.15, 0.2) is 0 Å². The van der Waals surface area contributed by atoms with Gasteiger partial charge in [0.2, 0.25) is 0 Å². The van der Waals surface area contributed by atoms with Crippen LogP contribution >= 0.6 is 0 Å². The number of benzene rings is 2. The van der Waals surface area contributed by atoms with Gasteiger partial charge in [-0.1, -0.05) is 12.1 Å². The second kappa shape index (κ2) is 8.73. The summed E-state index contributed by atoms with van der Waals surface area (Å²) in [6.07, 6.45) is 0. The number of aliphatic hydroxyl groups is 1. The molecule has 0 heterocycles. The third-order valence-electron chi connectivity index (χ3n) is 3.32. The van der Waals surface area contributed by atoms with Crippen LogP contribution in [0.1, 0.15) is 5.56 Å². The Morgan fingerprint density at radius 3 is 2.62 bits per heavy atom. The predicted octanol–water partition coefficient (Wildman–Crippen LogP) is 2.80. The van der Waals surface area contributed by atoms with Crippen molar-refractivity contribution in [2.75, 3.05) is 36.9 Å². The van der Waals surface area contributed by atoms with E-state index in [2.05, 4.69) is 10.6 Å². The molecule has 0 saturated heterocycles. The molecule has 2 aromatic carbocycles. The highest BCUT2D eigenvalue weighted by atomic mass is 16.6. The van der Waals surface area contributed by atoms with Crippen molar-refractivity contribution in [3.63, 3.8) is 0 Å². The van der Waals surface area contributed by atoms with Gasteiger partial charge >= 0.3 is 0 Å². The fourth-order valence-corrected chi connectivity index (χ4v) is 2.20. The minimum atomic E-state index is -0.440. The zero-order chi connectivity index (χ0) is 17.4. The van der Waals surface area contributed by atoms with Gasteiger partial charge in [-0.2, -0.15) is 0 Å². The number of nitro benzene ring substituents is 1. The van der Waals surface area contributed by atoms with Gasteiger partial charge in [0.25, 0.3) is 5.69 Å². The Morgan fingerprint density at radius 2 is 1.92 bits per heavy atom. The summed E-state index contributed by atoms with van der Waals surface area (Å²) in [5.74, 6) is 0.787. The quantitative estimate of drug-likeness (QED) is 0.371. The van der Waals surface area contributed by atoms with Gasteiger partial charge in [-0.15, -0.1) is 0 Å². The van der Waals surface area contributed by atoms with Gasteiger partial charge in [-0.3, -0.25) is 10.1 Å². The smallest absolute Gasteiger partial charge is 0.271 e. The normalized spacial score (nSPS) is 10.2. The van der Waals surface area contributed by atoms with E-state index in [1.54, 1.807) is 6.07 Å². The molecule has 0 aromatic heterocycles. The molecule has 2 aromatic rings. The van der Waals surface area contributed by atoms with E-state index in [0.29, 0.717) is 31.1 Å². The molecule has 0 unspecified atom stereocenters. The van der Waals surface area contributed by atoms with E-state index in [4.69, 9.17) is 9.84 Å². The number of nitrogens with one attached hydrogen (secondary N) is 2. The highest BCUT2D eigenvalue weighted by Gasteiger charge is 2.10. The summed E-state index contributed by atoms with van der Waals surface area (Å²) in [5, 5.41) is 26.0. The van der Waals surface area contributed by atoms with Crippen molar-refractivity contribution < 1.29 is 14.8 Å². The van der Waals surface area contributed by atoms with E-state index >= 15 is 0 Å². The standard InChI is InChI=1S/C17H21N3O4/c1-13-3-2-4-15(11-13)24-10-8-19-17-12-14(20(22)23)5-6-16(17)18-7-9-21/h2-6,11-12,18-19,21H,7-10H2,1H3. The second-order valence-electron chi connectivity index (χ2n) is 5.23. The van der Waals surface area contributed by atoms with Crippen molar-refractivity contribution in [1.29, 1.82) is 0 Å². The predicted molar refractivity (Wildman–Crippen MR) is 93.8 cm³/mol. The van der Waals surface area contributed by atoms with Crippen LogP contribution in [0, 0.1) is 17.0 Å². The summed E-state index contributed by atoms with van der Waals surface area (Å²) in [6.45, 7) is 3.25. The molecule has 0 atom stereocenters. The molecular weight excluding hydrogens is 310 g/mol. The summed E-state index contributed by atoms with van der Waals surface area (Å²) in [7, 11) is 0. The number of non-ortho nitro benzene ring substituents is 1. The van der Waals surface area contributed by atoms with Gasteiger partial charge in [0.05, 0.1) is 22.9 Å². The molecule has 0 aliphatic rings. The molecule has 24 heavy (non-hydrogen) atoms. The van der Waals surface area contributed by atoms with Crippen LogP contribution in [0.3, 0.4) is 0 Å². The van der Waals surface area contributed by atoms with Crippen molar-refractivity contribution in [1.82, 2.24) is 0 Å². The third kappa shape index (κ3) is 5.13. The number of nitrogens with zero attached hydrogens (tertiary/aromatic N) is 1. The van der Waals surface area contributed by atoms with Crippen LogP contribution in [-0.2, 0) is 0 Å². The fraction of sp³-hybridized carbons (Fsp3) is 0.294. The maximum Gasteiger partial charge on any atom is 0.271 e. The Bertz CT molecular complexity index is 691. The molecule has 0 spiro atoms. The number of aliphatic hydroxyl groups excluding tert-OH is 1. The molecule has 3 N–H and O–H groups in total. The molecule has 0 aliphatic heterocycles. The number of anilines is 2. The first-order valence-electron chi connectivity index (χ1n) is 7.66. The van der Waals surface area contributed by atoms with Crippen LogP contribution in [0.4, 0.5) is 17.1 Å². The summed E-state index contributed by atoms with van der Waals surface area (Å²) in [6, 6.07) is 12.3. The SMILES string of the molecule is Cc1cccc(OCCNc2cc([N+](=O)[O-])ccc2NCCO)c1. The van der Waals surface area contributed by atoms with Gasteiger partial charge < -0.3 is 20.5 Å². The van der Waals surface area contributed by atoms with E-state index in [1.807, 2.05) is 31.2 Å². The van der Waals surface area contributed by atoms with E-state index in [0.717, 1.165) is 11.3 Å². The van der Waals surface area contributed by atoms with Crippen LogP contribution in [0.2, 0.25) is 0 Å². The van der Waals surface area contributed by atoms with Gasteiger partial charge in [-0.05, 0) is 30.7 Å². The number of nitro groups is 1. The Balaban J connectivity index is 1.96. The molecule has 2 rings (SSSR count). The van der Waals surface area contributed by atoms with E-state index in [-0.39, 0.29) is 12.3 Å². The molecule has 7 nitrogen and oxygen atoms in total. The van der Waals surface area contributed by atoms with E-state index in [1.165, 1.54) is 12.1 Å². The lowest BCUT2D eigenvalue weighted by Crippen LogP contribution is -2.14. The molecule has 0 bridgehead atoms. The van der Waals surface area contributed by atoms with Crippen molar-refractivity contribution in [2.45, 2.75) is 6.92 Å². The molecule has 0 saturated carbocycles. The Hall–Kier alpha value is -2.80. The summed E-state index contributed by atoms with van der Waals surface area (Å²) < 4.78 is 5.65. The minimum Gasteiger partial charge on any atom is -0.492 e. The number of hydrogen-bond donors (Lipinski definition) is 3. The lowest BCUT2D eigenvalue weighted by atomic mass is 10.2. The minimum absolute atomic E-state index is 0.00616. The third-order valence-corrected chi connectivity index (χ3v) is 3.32. The fourth-order valence-electron chi connectivity index (χ4n) is 2.20. The summed E-state index contributed by atoms with van der Waals surface area (Å²) >= 11 is 0. The molecule has 7 heteroatoms. The van der Waals surface area contributed by atoms with E-state index < -0.39 is 4.92 Å². The van der Waals surface area contributed by atoms with Gasteiger partial charge in [0, 0.05) is 25.2 Å². The van der Waals surface area contributed by atoms with E-state index in [9.17, 15) is 10.1 Å². The average Bonchev–Trinajstić information content (AvgIpc) is 2.57. The number of ether oxygens (including phenoxy) is 1. The molecule has 128 valence electrons. The Labute approximate surface area is 140 Å². The van der Waals surface area contributed by atoms with Gasteiger partial charge in [-0.25, -0.2) is 0 Å². The first-order valence-corrected chi connectivity index (χ1v) is 7.66. The van der Waals surface area contributed by atoms with Crippen LogP contribution < -0.4 is 15.4 Å². The zero-order valence-corrected chi connectivity index (χ0v) is 13.5. The maximum absolute atomic E-state index is 10.9. The topological polar surface area (TPSA) is 96.7 Å². The first kappa shape index (κ1) is 17.6. The highest BCUT2D eigenvalue weighted by Crippen LogP contribution is 2.26. The molecule has 0 amide bonds. The molecule has 0 aliphatic carbocycles. The largest absolute Gasteiger partial charge is 0.492 e. The molecular formula is C17H21N3O4. The first-order chi connectivity index (χ1) is 11.6. The summed E-state index contributed by atoms with van der Waals surface area (Å²) in [4.78, 5) is 10.5. The van der Waals surface area contributed by atoms with Gasteiger partial charge in [0.1, 0.15) is 12.4 Å². The van der Waals surface area contributed by atoms with Crippen molar-refractivity contribution in [3.8, 4) is 5.75 Å². The number of hydrogen-bond acceptors (Lipinski definition) is 6. The monoisotopic (exact) mass is 331 g/mol. The zero-order valence-electron chi connectivity index (χ0n) is 13.5. The second-order valence-corrected chi connectivity index (χ2v) is 5.23. The Kier molecular flexibility index (Phi) is 6.39. The van der Waals surface area contributed by atoms with Crippen LogP contribution in [0.15, 0.2) is 42.5 Å². The van der Waals surface area contributed by atoms with Crippen molar-refractivity contribution in [2.24, 2.45) is 0 Å². The average molecular weight is 331 g/mol. The Morgan fingerprint density at radius 1 is 1.12 bits per heavy atom. The van der Waals surface area contributed by atoms with Crippen LogP contribution in [-0.4, -0.2) is 36.3 Å². The molecule has 0 radical (unpaired) electrons.